The lowest BCUT2D eigenvalue weighted by Gasteiger charge is -2.38. The van der Waals surface area contributed by atoms with Crippen LogP contribution in [0.1, 0.15) is 81.3 Å². The minimum atomic E-state index is -0.623. The van der Waals surface area contributed by atoms with Gasteiger partial charge in [0.1, 0.15) is 5.75 Å². The van der Waals surface area contributed by atoms with Gasteiger partial charge in [0.25, 0.3) is 0 Å². The number of benzene rings is 7. The Morgan fingerprint density at radius 3 is 1.04 bits per heavy atom. The van der Waals surface area contributed by atoms with E-state index in [4.69, 9.17) is 19.7 Å². The Balaban J connectivity index is 0.000000135. The van der Waals surface area contributed by atoms with E-state index in [1.165, 1.54) is 103 Å². The molecule has 1 unspecified atom stereocenters. The summed E-state index contributed by atoms with van der Waals surface area (Å²) in [5.41, 5.74) is 12.3. The number of methoxy groups -OCH3 is 1. The molecule has 0 radical (unpaired) electrons. The van der Waals surface area contributed by atoms with Crippen LogP contribution in [0, 0.1) is 0 Å². The highest BCUT2D eigenvalue weighted by Gasteiger charge is 2.31. The van der Waals surface area contributed by atoms with Gasteiger partial charge in [0.05, 0.1) is 24.2 Å². The number of hydrogen-bond donors (Lipinski definition) is 0. The van der Waals surface area contributed by atoms with Crippen LogP contribution in [-0.4, -0.2) is 33.4 Å². The van der Waals surface area contributed by atoms with Crippen LogP contribution >= 0.6 is 23.8 Å². The lowest BCUT2D eigenvalue weighted by Crippen LogP contribution is -2.21. The zero-order chi connectivity index (χ0) is 54.4. The van der Waals surface area contributed by atoms with Crippen LogP contribution in [0.5, 0.6) is 5.75 Å². The summed E-state index contributed by atoms with van der Waals surface area (Å²) in [6.07, 6.45) is 17.8. The van der Waals surface area contributed by atoms with Crippen molar-refractivity contribution in [2.45, 2.75) is 94.0 Å². The zero-order valence-corrected chi connectivity index (χ0v) is 48.9. The zero-order valence-electron chi connectivity index (χ0n) is 46.3. The molecule has 10 aromatic rings. The van der Waals surface area contributed by atoms with Crippen molar-refractivity contribution in [2.75, 3.05) is 7.11 Å². The minimum Gasteiger partial charge on any atom is -0.496 e. The number of hydrogen-bond acceptors (Lipinski definition) is 4. The Labute approximate surface area is 480 Å². The van der Waals surface area contributed by atoms with Gasteiger partial charge in [0.2, 0.25) is 0 Å². The third-order valence-corrected chi connectivity index (χ3v) is 23.9. The van der Waals surface area contributed by atoms with Crippen molar-refractivity contribution in [3.8, 4) is 39.5 Å². The fraction of sp³-hybridized carbons (Fsp3) is 0.219. The molecule has 0 saturated heterocycles. The third-order valence-electron chi connectivity index (χ3n) is 15.3. The van der Waals surface area contributed by atoms with Crippen molar-refractivity contribution >= 4 is 45.0 Å². The summed E-state index contributed by atoms with van der Waals surface area (Å²) in [4.78, 5) is 15.0. The first-order valence-corrected chi connectivity index (χ1v) is 33.5. The highest BCUT2D eigenvalue weighted by Crippen LogP contribution is 2.57. The highest BCUT2D eigenvalue weighted by atomic mass is 31.1. The Morgan fingerprint density at radius 1 is 0.325 bits per heavy atom. The number of ether oxygens (including phenoxy) is 1. The first kappa shape index (κ1) is 56.4. The van der Waals surface area contributed by atoms with Gasteiger partial charge in [-0.15, -0.1) is 0 Å². The average molecular weight is 1100 g/mol. The maximum atomic E-state index is 5.67. The average Bonchev–Trinajstić information content (AvgIpc) is 3.56. The largest absolute Gasteiger partial charge is 0.496 e. The maximum absolute atomic E-state index is 5.67. The molecule has 1 atom stereocenters. The molecule has 7 aromatic carbocycles. The van der Waals surface area contributed by atoms with E-state index in [1.54, 1.807) is 7.11 Å². The molecule has 402 valence electrons. The van der Waals surface area contributed by atoms with Crippen molar-refractivity contribution in [2.24, 2.45) is 0 Å². The molecule has 0 N–H and O–H groups in total. The standard InChI is InChI=1S/C25H22NOP.C24H32NP.C24H20NP/c1-27-24-17-8-9-18-25(24)28(22-14-6-3-7-15-22)19-21-13-10-16-23(26-21)20-11-4-2-5-12-20;2*1-4-11-20(12-5-1)24-18-10-13-21(25-24)19-26(22-14-6-2-7-15-22)23-16-8-3-9-17-23/h2-18H,19H2,1H3;1,4-5,10-13,18,22-23H,2-3,6-9,14-17,19H2;1-18H,19H2. The van der Waals surface area contributed by atoms with Crippen LogP contribution in [-0.2, 0) is 18.5 Å². The van der Waals surface area contributed by atoms with Gasteiger partial charge in [-0.25, -0.2) is 0 Å². The molecule has 2 aliphatic rings. The maximum Gasteiger partial charge on any atom is 0.126 e. The molecular formula is C73H74N3OP3. The SMILES string of the molecule is COc1ccccc1P(Cc1cccc(-c2ccccc2)n1)c1ccccc1.c1ccc(-c2cccc(CP(C3CCCCC3)C3CCCCC3)n2)cc1.c1ccc(-c2cccc(CP(c3ccccc3)c3ccccc3)n2)cc1. The second-order valence-electron chi connectivity index (χ2n) is 20.7. The molecule has 0 amide bonds. The Morgan fingerprint density at radius 2 is 0.650 bits per heavy atom. The van der Waals surface area contributed by atoms with E-state index in [0.29, 0.717) is 0 Å². The van der Waals surface area contributed by atoms with Crippen LogP contribution in [0.2, 0.25) is 0 Å². The van der Waals surface area contributed by atoms with Gasteiger partial charge in [0.15, 0.2) is 0 Å². The van der Waals surface area contributed by atoms with E-state index >= 15 is 0 Å². The van der Waals surface area contributed by atoms with Crippen molar-refractivity contribution in [1.82, 2.24) is 15.0 Å². The van der Waals surface area contributed by atoms with Crippen LogP contribution in [0.3, 0.4) is 0 Å². The molecule has 3 heterocycles. The highest BCUT2D eigenvalue weighted by molar-refractivity contribution is 7.72. The van der Waals surface area contributed by atoms with E-state index < -0.39 is 15.8 Å². The van der Waals surface area contributed by atoms with Gasteiger partial charge in [0, 0.05) is 57.6 Å². The van der Waals surface area contributed by atoms with Crippen LogP contribution in [0.4, 0.5) is 0 Å². The van der Waals surface area contributed by atoms with Gasteiger partial charge >= 0.3 is 0 Å². The number of rotatable bonds is 16. The lowest BCUT2D eigenvalue weighted by molar-refractivity contribution is 0.418. The molecule has 7 heteroatoms. The summed E-state index contributed by atoms with van der Waals surface area (Å²) < 4.78 is 5.67. The lowest BCUT2D eigenvalue weighted by atomic mass is 9.99. The Kier molecular flexibility index (Phi) is 21.2. The number of nitrogens with zero attached hydrogens (tertiary/aromatic N) is 3. The molecular weight excluding hydrogens is 1030 g/mol. The van der Waals surface area contributed by atoms with Crippen LogP contribution < -0.4 is 26.0 Å². The molecule has 0 spiro atoms. The third kappa shape index (κ3) is 15.9. The van der Waals surface area contributed by atoms with Crippen LogP contribution in [0.15, 0.2) is 261 Å². The van der Waals surface area contributed by atoms with Crippen molar-refractivity contribution in [1.29, 1.82) is 0 Å². The van der Waals surface area contributed by atoms with Crippen molar-refractivity contribution in [3.63, 3.8) is 0 Å². The fourth-order valence-corrected chi connectivity index (χ4v) is 19.5. The summed E-state index contributed by atoms with van der Waals surface area (Å²) in [7, 11) is 0.731. The summed E-state index contributed by atoms with van der Waals surface area (Å²) >= 11 is 0. The topological polar surface area (TPSA) is 47.9 Å². The number of aromatic nitrogens is 3. The number of pyridine rings is 3. The minimum absolute atomic E-state index is 0.0829. The normalized spacial score (nSPS) is 14.0. The molecule has 80 heavy (non-hydrogen) atoms. The van der Waals surface area contributed by atoms with Crippen molar-refractivity contribution in [3.05, 3.63) is 278 Å². The van der Waals surface area contributed by atoms with Crippen molar-refractivity contribution < 1.29 is 4.74 Å². The predicted octanol–water partition coefficient (Wildman–Crippen LogP) is 18.2. The molecule has 0 aliphatic heterocycles. The van der Waals surface area contributed by atoms with E-state index in [9.17, 15) is 0 Å². The molecule has 2 aliphatic carbocycles. The van der Waals surface area contributed by atoms with Crippen LogP contribution in [0.25, 0.3) is 33.8 Å². The fourth-order valence-electron chi connectivity index (χ4n) is 11.2. The quantitative estimate of drug-likeness (QED) is 0.0905. The van der Waals surface area contributed by atoms with Gasteiger partial charge in [-0.3, -0.25) is 15.0 Å². The molecule has 12 rings (SSSR count). The van der Waals surface area contributed by atoms with E-state index in [0.717, 1.165) is 69.0 Å². The van der Waals surface area contributed by atoms with Gasteiger partial charge in [-0.2, -0.15) is 0 Å². The predicted molar refractivity (Wildman–Crippen MR) is 345 cm³/mol. The van der Waals surface area contributed by atoms with Gasteiger partial charge in [-0.1, -0.05) is 265 Å². The van der Waals surface area contributed by atoms with Gasteiger partial charge < -0.3 is 4.74 Å². The second-order valence-corrected chi connectivity index (χ2v) is 27.9. The van der Waals surface area contributed by atoms with E-state index in [-0.39, 0.29) is 7.92 Å². The van der Waals surface area contributed by atoms with Gasteiger partial charge in [-0.05, 0) is 111 Å². The summed E-state index contributed by atoms with van der Waals surface area (Å²) in [6, 6.07) is 91.4. The Bertz CT molecular complexity index is 3320. The smallest absolute Gasteiger partial charge is 0.126 e. The summed E-state index contributed by atoms with van der Waals surface area (Å²) in [6.45, 7) is 0. The second kappa shape index (κ2) is 30.1. The van der Waals surface area contributed by atoms with E-state index in [2.05, 4.69) is 237 Å². The monoisotopic (exact) mass is 1100 g/mol. The molecule has 3 aromatic heterocycles. The first-order chi connectivity index (χ1) is 39.6. The van der Waals surface area contributed by atoms with E-state index in [1.807, 2.05) is 24.3 Å². The Hall–Kier alpha value is -6.92. The summed E-state index contributed by atoms with van der Waals surface area (Å²) in [5, 5.41) is 5.35. The molecule has 2 saturated carbocycles. The molecule has 4 nitrogen and oxygen atoms in total. The molecule has 0 bridgehead atoms. The number of para-hydroxylation sites is 1. The first-order valence-electron chi connectivity index (χ1n) is 28.8. The summed E-state index contributed by atoms with van der Waals surface area (Å²) in [5.74, 6) is 0.941. The molecule has 2 fully saturated rings.